The highest BCUT2D eigenvalue weighted by Crippen LogP contribution is 2.26. The van der Waals surface area contributed by atoms with Crippen LogP contribution in [-0.4, -0.2) is 38.1 Å². The normalized spacial score (nSPS) is 17.1. The quantitative estimate of drug-likeness (QED) is 0.543. The third-order valence-electron chi connectivity index (χ3n) is 5.17. The lowest BCUT2D eigenvalue weighted by atomic mass is 10.1. The maximum atomic E-state index is 13.9. The van der Waals surface area contributed by atoms with Crippen LogP contribution in [-0.2, 0) is 4.79 Å². The predicted octanol–water partition coefficient (Wildman–Crippen LogP) is 3.30. The van der Waals surface area contributed by atoms with Gasteiger partial charge in [0.1, 0.15) is 17.7 Å². The van der Waals surface area contributed by atoms with Crippen molar-refractivity contribution >= 4 is 28.4 Å². The Balaban J connectivity index is 1.67. The molecule has 1 saturated heterocycles. The largest absolute Gasteiger partial charge is 0.354 e. The van der Waals surface area contributed by atoms with Gasteiger partial charge in [-0.2, -0.15) is 4.52 Å². The Morgan fingerprint density at radius 1 is 1.03 bits per heavy atom. The van der Waals surface area contributed by atoms with Crippen LogP contribution in [0.4, 0.5) is 14.7 Å². The number of fused-ring (bicyclic) bond motifs is 3. The van der Waals surface area contributed by atoms with Crippen LogP contribution in [0.25, 0.3) is 27.9 Å². The van der Waals surface area contributed by atoms with E-state index in [9.17, 15) is 13.6 Å². The van der Waals surface area contributed by atoms with E-state index in [-0.39, 0.29) is 11.7 Å². The highest BCUT2D eigenvalue weighted by atomic mass is 19.1. The fraction of sp³-hybridized carbons (Fsp3) is 0.238. The van der Waals surface area contributed by atoms with E-state index in [1.807, 2.05) is 0 Å². The number of anilines is 1. The van der Waals surface area contributed by atoms with Crippen LogP contribution in [0.5, 0.6) is 0 Å². The first kappa shape index (κ1) is 18.4. The SMILES string of the molecule is O=C1NCCCC[C@H]1Nc1nc2ccc(F)cc2c2nc(-c3ccc(F)cc3)nn12. The van der Waals surface area contributed by atoms with Crippen LogP contribution in [0, 0.1) is 11.6 Å². The van der Waals surface area contributed by atoms with E-state index >= 15 is 0 Å². The maximum absolute atomic E-state index is 13.9. The van der Waals surface area contributed by atoms with Gasteiger partial charge in [0.2, 0.25) is 11.9 Å². The number of rotatable bonds is 3. The van der Waals surface area contributed by atoms with Gasteiger partial charge in [0.15, 0.2) is 11.5 Å². The lowest BCUT2D eigenvalue weighted by Crippen LogP contribution is -2.38. The monoisotopic (exact) mass is 408 g/mol. The van der Waals surface area contributed by atoms with Gasteiger partial charge < -0.3 is 10.6 Å². The summed E-state index contributed by atoms with van der Waals surface area (Å²) in [5.41, 5.74) is 1.54. The number of carbonyl (C=O) groups excluding carboxylic acids is 1. The predicted molar refractivity (Wildman–Crippen MR) is 108 cm³/mol. The molecule has 2 aromatic carbocycles. The number of halogens is 2. The Hall–Kier alpha value is -3.62. The molecular formula is C21H18F2N6O. The van der Waals surface area contributed by atoms with Crippen molar-refractivity contribution in [2.24, 2.45) is 0 Å². The summed E-state index contributed by atoms with van der Waals surface area (Å²) in [4.78, 5) is 21.5. The van der Waals surface area contributed by atoms with Crippen molar-refractivity contribution in [2.45, 2.75) is 25.3 Å². The van der Waals surface area contributed by atoms with Crippen molar-refractivity contribution in [3.05, 3.63) is 54.1 Å². The van der Waals surface area contributed by atoms with Gasteiger partial charge in [0.05, 0.1) is 5.52 Å². The zero-order chi connectivity index (χ0) is 20.7. The molecular weight excluding hydrogens is 390 g/mol. The van der Waals surface area contributed by atoms with E-state index in [0.29, 0.717) is 46.9 Å². The van der Waals surface area contributed by atoms with E-state index < -0.39 is 11.9 Å². The summed E-state index contributed by atoms with van der Waals surface area (Å²) in [6.45, 7) is 0.648. The lowest BCUT2D eigenvalue weighted by Gasteiger charge is -2.16. The first-order valence-electron chi connectivity index (χ1n) is 9.75. The van der Waals surface area contributed by atoms with E-state index in [1.54, 1.807) is 18.2 Å². The molecule has 0 saturated carbocycles. The Bertz CT molecular complexity index is 1250. The second-order valence-electron chi connectivity index (χ2n) is 7.26. The lowest BCUT2D eigenvalue weighted by molar-refractivity contribution is -0.121. The van der Waals surface area contributed by atoms with Crippen molar-refractivity contribution in [3.8, 4) is 11.4 Å². The molecule has 0 unspecified atom stereocenters. The van der Waals surface area contributed by atoms with Gasteiger partial charge in [-0.15, -0.1) is 5.10 Å². The first-order chi connectivity index (χ1) is 14.6. The van der Waals surface area contributed by atoms with Crippen molar-refractivity contribution in [2.75, 3.05) is 11.9 Å². The molecule has 0 radical (unpaired) electrons. The summed E-state index contributed by atoms with van der Waals surface area (Å²) in [6, 6.07) is 9.58. The van der Waals surface area contributed by atoms with E-state index in [0.717, 1.165) is 12.8 Å². The van der Waals surface area contributed by atoms with Gasteiger partial charge in [0, 0.05) is 17.5 Å². The highest BCUT2D eigenvalue weighted by Gasteiger charge is 2.23. The van der Waals surface area contributed by atoms with Gasteiger partial charge in [-0.1, -0.05) is 0 Å². The zero-order valence-corrected chi connectivity index (χ0v) is 15.9. The molecule has 2 aromatic heterocycles. The molecule has 9 heteroatoms. The van der Waals surface area contributed by atoms with Gasteiger partial charge >= 0.3 is 0 Å². The fourth-order valence-corrected chi connectivity index (χ4v) is 3.63. The number of carbonyl (C=O) groups is 1. The molecule has 3 heterocycles. The van der Waals surface area contributed by atoms with Crippen molar-refractivity contribution in [3.63, 3.8) is 0 Å². The second-order valence-corrected chi connectivity index (χ2v) is 7.26. The molecule has 152 valence electrons. The molecule has 1 amide bonds. The van der Waals surface area contributed by atoms with E-state index in [4.69, 9.17) is 0 Å². The topological polar surface area (TPSA) is 84.2 Å². The van der Waals surface area contributed by atoms with Gasteiger partial charge in [-0.25, -0.2) is 18.7 Å². The van der Waals surface area contributed by atoms with Crippen LogP contribution in [0.3, 0.4) is 0 Å². The van der Waals surface area contributed by atoms with Crippen molar-refractivity contribution in [1.29, 1.82) is 0 Å². The summed E-state index contributed by atoms with van der Waals surface area (Å²) in [6.07, 6.45) is 2.48. The number of nitrogens with one attached hydrogen (secondary N) is 2. The summed E-state index contributed by atoms with van der Waals surface area (Å²) in [7, 11) is 0. The molecule has 30 heavy (non-hydrogen) atoms. The molecule has 7 nitrogen and oxygen atoms in total. The molecule has 0 spiro atoms. The zero-order valence-electron chi connectivity index (χ0n) is 15.9. The molecule has 0 aliphatic carbocycles. The second kappa shape index (κ2) is 7.33. The number of nitrogens with zero attached hydrogens (tertiary/aromatic N) is 4. The number of hydrogen-bond acceptors (Lipinski definition) is 5. The van der Waals surface area contributed by atoms with Crippen LogP contribution in [0.15, 0.2) is 42.5 Å². The van der Waals surface area contributed by atoms with Gasteiger partial charge in [0.25, 0.3) is 0 Å². The standard InChI is InChI=1S/C21H18F2N6O/c22-13-6-4-12(5-7-13)18-27-19-15-11-14(23)8-9-16(15)25-21(29(19)28-18)26-17-3-1-2-10-24-20(17)30/h4-9,11,17H,1-3,10H2,(H,24,30)(H,25,26)/t17-/m1/s1. The van der Waals surface area contributed by atoms with Crippen LogP contribution in [0.2, 0.25) is 0 Å². The van der Waals surface area contributed by atoms with E-state index in [1.165, 1.54) is 28.8 Å². The Morgan fingerprint density at radius 2 is 1.83 bits per heavy atom. The average molecular weight is 408 g/mol. The molecule has 1 aliphatic heterocycles. The van der Waals surface area contributed by atoms with Crippen LogP contribution in [0.1, 0.15) is 19.3 Å². The Kier molecular flexibility index (Phi) is 4.50. The molecule has 1 atom stereocenters. The van der Waals surface area contributed by atoms with Crippen molar-refractivity contribution in [1.82, 2.24) is 24.9 Å². The highest BCUT2D eigenvalue weighted by molar-refractivity contribution is 5.93. The number of benzene rings is 2. The van der Waals surface area contributed by atoms with Gasteiger partial charge in [-0.05, 0) is 61.7 Å². The molecule has 2 N–H and O–H groups in total. The average Bonchev–Trinajstić information content (AvgIpc) is 3.09. The third-order valence-corrected chi connectivity index (χ3v) is 5.17. The maximum Gasteiger partial charge on any atom is 0.242 e. The third kappa shape index (κ3) is 3.32. The minimum atomic E-state index is -0.459. The summed E-state index contributed by atoms with van der Waals surface area (Å²) in [5, 5.41) is 11.1. The fourth-order valence-electron chi connectivity index (χ4n) is 3.63. The molecule has 5 rings (SSSR count). The first-order valence-corrected chi connectivity index (χ1v) is 9.75. The smallest absolute Gasteiger partial charge is 0.242 e. The number of aromatic nitrogens is 4. The Labute approximate surface area is 170 Å². The van der Waals surface area contributed by atoms with Crippen LogP contribution < -0.4 is 10.6 Å². The number of amides is 1. The van der Waals surface area contributed by atoms with E-state index in [2.05, 4.69) is 25.7 Å². The van der Waals surface area contributed by atoms with Crippen LogP contribution >= 0.6 is 0 Å². The minimum absolute atomic E-state index is 0.0967. The summed E-state index contributed by atoms with van der Waals surface area (Å²) < 4.78 is 28.7. The molecule has 0 bridgehead atoms. The molecule has 1 fully saturated rings. The molecule has 4 aromatic rings. The molecule has 1 aliphatic rings. The summed E-state index contributed by atoms with van der Waals surface area (Å²) >= 11 is 0. The minimum Gasteiger partial charge on any atom is -0.354 e. The van der Waals surface area contributed by atoms with Gasteiger partial charge in [-0.3, -0.25) is 4.79 Å². The number of hydrogen-bond donors (Lipinski definition) is 2. The Morgan fingerprint density at radius 3 is 2.67 bits per heavy atom. The van der Waals surface area contributed by atoms with Crippen molar-refractivity contribution < 1.29 is 13.6 Å². The summed E-state index contributed by atoms with van der Waals surface area (Å²) in [5.74, 6) is -0.186.